The van der Waals surface area contributed by atoms with E-state index in [2.05, 4.69) is 4.98 Å². The number of aromatic nitrogens is 1. The molecule has 0 radical (unpaired) electrons. The lowest BCUT2D eigenvalue weighted by atomic mass is 10.1. The molecular weight excluding hydrogens is 409 g/mol. The maximum absolute atomic E-state index is 11.6. The lowest BCUT2D eigenvalue weighted by Gasteiger charge is -2.10. The summed E-state index contributed by atoms with van der Waals surface area (Å²) in [6.45, 7) is 0. The fourth-order valence-electron chi connectivity index (χ4n) is 2.81. The Labute approximate surface area is 168 Å². The largest absolute Gasteiger partial charge is 0.545 e. The van der Waals surface area contributed by atoms with Gasteiger partial charge in [0.05, 0.1) is 21.5 Å². The minimum absolute atomic E-state index is 0.0174. The average molecular weight is 418 g/mol. The fourth-order valence-corrected chi connectivity index (χ4v) is 3.37. The zero-order valence-corrected chi connectivity index (χ0v) is 15.8. The van der Waals surface area contributed by atoms with E-state index in [1.807, 2.05) is 0 Å². The van der Waals surface area contributed by atoms with Gasteiger partial charge in [0.15, 0.2) is 5.76 Å². The van der Waals surface area contributed by atoms with Gasteiger partial charge in [-0.05, 0) is 48.5 Å². The highest BCUT2D eigenvalue weighted by atomic mass is 35.5. The lowest BCUT2D eigenvalue weighted by Crippen LogP contribution is -2.22. The van der Waals surface area contributed by atoms with Crippen LogP contribution in [0.1, 0.15) is 10.4 Å². The molecule has 4 nitrogen and oxygen atoms in total. The van der Waals surface area contributed by atoms with Crippen molar-refractivity contribution < 1.29 is 14.3 Å². The molecule has 4 aromatic rings. The molecule has 0 amide bonds. The molecule has 27 heavy (non-hydrogen) atoms. The minimum Gasteiger partial charge on any atom is -0.545 e. The Hall–Kier alpha value is -2.53. The second-order valence-corrected chi connectivity index (χ2v) is 6.99. The van der Waals surface area contributed by atoms with E-state index in [-0.39, 0.29) is 5.56 Å². The summed E-state index contributed by atoms with van der Waals surface area (Å²) >= 11 is 18.3. The van der Waals surface area contributed by atoms with E-state index in [1.54, 1.807) is 42.5 Å². The first-order valence-corrected chi connectivity index (χ1v) is 8.93. The van der Waals surface area contributed by atoms with Gasteiger partial charge in [-0.25, -0.2) is 4.98 Å². The van der Waals surface area contributed by atoms with Crippen LogP contribution in [0.2, 0.25) is 15.1 Å². The highest BCUT2D eigenvalue weighted by Gasteiger charge is 2.15. The van der Waals surface area contributed by atoms with E-state index < -0.39 is 5.97 Å². The van der Waals surface area contributed by atoms with Crippen LogP contribution in [-0.4, -0.2) is 11.0 Å². The molecular formula is C20H9Cl3NO3-. The molecule has 0 saturated carbocycles. The van der Waals surface area contributed by atoms with Gasteiger partial charge in [0.25, 0.3) is 0 Å². The standard InChI is InChI=1S/C20H10Cl3NO3/c21-10-4-5-15-12(8-10)13(20(25)26)9-16(24-15)18-7-6-17(27-18)11-2-1-3-14(22)19(11)23/h1-9H,(H,25,26)/p-1. The molecule has 0 aliphatic heterocycles. The number of nitrogens with zero attached hydrogens (tertiary/aromatic N) is 1. The Kier molecular flexibility index (Phi) is 4.56. The predicted molar refractivity (Wildman–Crippen MR) is 104 cm³/mol. The monoisotopic (exact) mass is 416 g/mol. The summed E-state index contributed by atoms with van der Waals surface area (Å²) in [6.07, 6.45) is 0. The molecule has 2 heterocycles. The number of carboxylic acids is 1. The molecule has 7 heteroatoms. The van der Waals surface area contributed by atoms with Crippen molar-refractivity contribution in [2.24, 2.45) is 0 Å². The van der Waals surface area contributed by atoms with Gasteiger partial charge in [0.2, 0.25) is 0 Å². The normalized spacial score (nSPS) is 11.1. The molecule has 0 aliphatic rings. The Morgan fingerprint density at radius 1 is 0.963 bits per heavy atom. The van der Waals surface area contributed by atoms with Crippen molar-refractivity contribution in [3.8, 4) is 22.8 Å². The number of carbonyl (C=O) groups is 1. The van der Waals surface area contributed by atoms with Gasteiger partial charge in [0, 0.05) is 21.5 Å². The molecule has 0 saturated heterocycles. The number of rotatable bonds is 3. The number of aromatic carboxylic acids is 1. The molecule has 0 aliphatic carbocycles. The molecule has 4 rings (SSSR count). The van der Waals surface area contributed by atoms with Crippen molar-refractivity contribution in [1.29, 1.82) is 0 Å². The van der Waals surface area contributed by atoms with Crippen LogP contribution in [0.5, 0.6) is 0 Å². The third kappa shape index (κ3) is 3.28. The summed E-state index contributed by atoms with van der Waals surface area (Å²) in [5.41, 5.74) is 1.43. The maximum atomic E-state index is 11.6. The maximum Gasteiger partial charge on any atom is 0.153 e. The second-order valence-electron chi connectivity index (χ2n) is 5.77. The van der Waals surface area contributed by atoms with Gasteiger partial charge in [-0.2, -0.15) is 0 Å². The Morgan fingerprint density at radius 2 is 1.74 bits per heavy atom. The van der Waals surface area contributed by atoms with Crippen LogP contribution in [0.15, 0.2) is 59.0 Å². The molecule has 0 fully saturated rings. The summed E-state index contributed by atoms with van der Waals surface area (Å²) in [5, 5.41) is 13.2. The van der Waals surface area contributed by atoms with Crippen molar-refractivity contribution in [1.82, 2.24) is 4.98 Å². The SMILES string of the molecule is O=C([O-])c1cc(-c2ccc(-c3cccc(Cl)c3Cl)o2)nc2ccc(Cl)cc12. The summed E-state index contributed by atoms with van der Waals surface area (Å²) in [5.74, 6) is -0.443. The first kappa shape index (κ1) is 17.9. The highest BCUT2D eigenvalue weighted by molar-refractivity contribution is 6.43. The zero-order chi connectivity index (χ0) is 19.1. The molecule has 134 valence electrons. The second kappa shape index (κ2) is 6.89. The smallest absolute Gasteiger partial charge is 0.153 e. The van der Waals surface area contributed by atoms with Gasteiger partial charge in [0.1, 0.15) is 11.5 Å². The number of hydrogen-bond acceptors (Lipinski definition) is 4. The predicted octanol–water partition coefficient (Wildman–Crippen LogP) is 5.49. The Balaban J connectivity index is 1.86. The van der Waals surface area contributed by atoms with Crippen LogP contribution < -0.4 is 5.11 Å². The van der Waals surface area contributed by atoms with Crippen molar-refractivity contribution in [2.45, 2.75) is 0 Å². The number of furan rings is 1. The van der Waals surface area contributed by atoms with Crippen LogP contribution in [0, 0.1) is 0 Å². The molecule has 2 aromatic heterocycles. The fraction of sp³-hybridized carbons (Fsp3) is 0. The number of carbonyl (C=O) groups excluding carboxylic acids is 1. The van der Waals surface area contributed by atoms with Crippen molar-refractivity contribution in [2.75, 3.05) is 0 Å². The molecule has 0 bridgehead atoms. The number of benzene rings is 2. The van der Waals surface area contributed by atoms with Gasteiger partial charge in [-0.3, -0.25) is 0 Å². The minimum atomic E-state index is -1.32. The summed E-state index contributed by atoms with van der Waals surface area (Å²) in [7, 11) is 0. The first-order valence-electron chi connectivity index (χ1n) is 7.80. The van der Waals surface area contributed by atoms with E-state index in [1.165, 1.54) is 12.1 Å². The number of hydrogen-bond donors (Lipinski definition) is 0. The number of halogens is 3. The van der Waals surface area contributed by atoms with Crippen LogP contribution in [0.25, 0.3) is 33.7 Å². The Bertz CT molecular complexity index is 1200. The lowest BCUT2D eigenvalue weighted by molar-refractivity contribution is -0.254. The summed E-state index contributed by atoms with van der Waals surface area (Å²) in [6, 6.07) is 14.9. The van der Waals surface area contributed by atoms with Gasteiger partial charge >= 0.3 is 0 Å². The van der Waals surface area contributed by atoms with Crippen molar-refractivity contribution in [3.63, 3.8) is 0 Å². The van der Waals surface area contributed by atoms with Gasteiger partial charge < -0.3 is 14.3 Å². The van der Waals surface area contributed by atoms with E-state index in [0.717, 1.165) is 0 Å². The number of carboxylic acid groups (broad SMARTS) is 1. The van der Waals surface area contributed by atoms with E-state index in [9.17, 15) is 9.90 Å². The topological polar surface area (TPSA) is 66.2 Å². The summed E-state index contributed by atoms with van der Waals surface area (Å²) in [4.78, 5) is 16.0. The third-order valence-electron chi connectivity index (χ3n) is 4.07. The average Bonchev–Trinajstić information content (AvgIpc) is 3.13. The number of fused-ring (bicyclic) bond motifs is 1. The molecule has 0 spiro atoms. The number of pyridine rings is 1. The van der Waals surface area contributed by atoms with Crippen LogP contribution in [0.4, 0.5) is 0 Å². The Morgan fingerprint density at radius 3 is 2.52 bits per heavy atom. The first-order chi connectivity index (χ1) is 12.9. The highest BCUT2D eigenvalue weighted by Crippen LogP contribution is 2.36. The van der Waals surface area contributed by atoms with Crippen molar-refractivity contribution in [3.05, 3.63) is 75.2 Å². The van der Waals surface area contributed by atoms with E-state index in [0.29, 0.717) is 48.7 Å². The van der Waals surface area contributed by atoms with Crippen LogP contribution in [-0.2, 0) is 0 Å². The molecule has 0 atom stereocenters. The zero-order valence-electron chi connectivity index (χ0n) is 13.5. The van der Waals surface area contributed by atoms with Gasteiger partial charge in [-0.15, -0.1) is 0 Å². The van der Waals surface area contributed by atoms with Gasteiger partial charge in [-0.1, -0.05) is 40.9 Å². The molecule has 0 N–H and O–H groups in total. The van der Waals surface area contributed by atoms with Crippen molar-refractivity contribution >= 4 is 51.7 Å². The van der Waals surface area contributed by atoms with E-state index in [4.69, 9.17) is 39.2 Å². The molecule has 0 unspecified atom stereocenters. The van der Waals surface area contributed by atoms with Crippen LogP contribution in [0.3, 0.4) is 0 Å². The summed E-state index contributed by atoms with van der Waals surface area (Å²) < 4.78 is 5.85. The third-order valence-corrected chi connectivity index (χ3v) is 5.12. The quantitative estimate of drug-likeness (QED) is 0.442. The van der Waals surface area contributed by atoms with Crippen LogP contribution >= 0.6 is 34.8 Å². The van der Waals surface area contributed by atoms with E-state index >= 15 is 0 Å². The molecule has 2 aromatic carbocycles.